The van der Waals surface area contributed by atoms with Crippen molar-refractivity contribution in [2.45, 2.75) is 6.04 Å². The highest BCUT2D eigenvalue weighted by molar-refractivity contribution is 9.10. The number of aromatic nitrogens is 2. The molecule has 1 aliphatic heterocycles. The van der Waals surface area contributed by atoms with Crippen LogP contribution in [0.15, 0.2) is 76.9 Å². The molecule has 0 radical (unpaired) electrons. The Morgan fingerprint density at radius 3 is 2.56 bits per heavy atom. The molecule has 1 saturated heterocycles. The number of nitrogens with zero attached hydrogens (tertiary/aromatic N) is 4. The molecule has 1 atom stereocenters. The van der Waals surface area contributed by atoms with E-state index in [1.807, 2.05) is 0 Å². The third-order valence-electron chi connectivity index (χ3n) is 5.31. The first-order valence-corrected chi connectivity index (χ1v) is 11.5. The number of ketones is 1. The molecule has 3 heterocycles. The molecule has 0 aliphatic carbocycles. The lowest BCUT2D eigenvalue weighted by molar-refractivity contribution is -0.384. The van der Waals surface area contributed by atoms with Crippen molar-refractivity contribution in [3.05, 3.63) is 98.3 Å². The molecule has 5 rings (SSSR count). The maximum absolute atomic E-state index is 13.2. The van der Waals surface area contributed by atoms with E-state index < -0.39 is 22.7 Å². The normalized spacial score (nSPS) is 17.4. The largest absolute Gasteiger partial charge is 0.507 e. The van der Waals surface area contributed by atoms with E-state index >= 15 is 0 Å². The van der Waals surface area contributed by atoms with Gasteiger partial charge in [0.25, 0.3) is 11.5 Å². The molecule has 1 aliphatic rings. The van der Waals surface area contributed by atoms with E-state index in [1.165, 1.54) is 29.3 Å². The Morgan fingerprint density at radius 1 is 1.12 bits per heavy atom. The van der Waals surface area contributed by atoms with Crippen LogP contribution in [0.3, 0.4) is 0 Å². The van der Waals surface area contributed by atoms with Crippen molar-refractivity contribution in [2.24, 2.45) is 0 Å². The van der Waals surface area contributed by atoms with Crippen LogP contribution >= 0.6 is 27.3 Å². The topological polar surface area (TPSA) is 127 Å². The maximum Gasteiger partial charge on any atom is 0.301 e. The van der Waals surface area contributed by atoms with Crippen molar-refractivity contribution in [3.63, 3.8) is 0 Å². The molecule has 1 fully saturated rings. The minimum Gasteiger partial charge on any atom is -0.507 e. The first-order chi connectivity index (χ1) is 16.3. The van der Waals surface area contributed by atoms with Gasteiger partial charge in [0.2, 0.25) is 0 Å². The lowest BCUT2D eigenvalue weighted by Gasteiger charge is -2.21. The lowest BCUT2D eigenvalue weighted by Crippen LogP contribution is -2.29. The van der Waals surface area contributed by atoms with Gasteiger partial charge in [-0.3, -0.25) is 29.6 Å². The number of aliphatic hydroxyl groups is 1. The summed E-state index contributed by atoms with van der Waals surface area (Å²) in [5, 5.41) is 22.4. The predicted octanol–water partition coefficient (Wildman–Crippen LogP) is 4.99. The standard InChI is InChI=1S/C23H13BrN4O5S/c24-13-6-4-12(5-7-13)20(29)18-19(16-3-1-2-10-25-16)27(22(31)21(18)30)23-26-15-9-8-14(28(32)33)11-17(15)34-23/h1-11,19,29H/b20-18+. The molecule has 0 spiro atoms. The summed E-state index contributed by atoms with van der Waals surface area (Å²) in [5.41, 5.74) is 0.949. The van der Waals surface area contributed by atoms with Gasteiger partial charge in [0.05, 0.1) is 26.4 Å². The fourth-order valence-electron chi connectivity index (χ4n) is 3.73. The second-order valence-corrected chi connectivity index (χ2v) is 9.26. The number of nitro groups is 1. The van der Waals surface area contributed by atoms with Crippen LogP contribution < -0.4 is 4.90 Å². The second kappa shape index (κ2) is 8.43. The van der Waals surface area contributed by atoms with E-state index in [4.69, 9.17) is 0 Å². The Kier molecular flexibility index (Phi) is 5.42. The number of benzene rings is 2. The predicted molar refractivity (Wildman–Crippen MR) is 129 cm³/mol. The molecule has 2 aromatic carbocycles. The molecule has 1 unspecified atom stereocenters. The molecule has 0 bridgehead atoms. The number of hydrogen-bond donors (Lipinski definition) is 1. The molecule has 2 aromatic heterocycles. The highest BCUT2D eigenvalue weighted by Crippen LogP contribution is 2.44. The zero-order valence-electron chi connectivity index (χ0n) is 17.1. The van der Waals surface area contributed by atoms with Crippen molar-refractivity contribution in [2.75, 3.05) is 4.90 Å². The van der Waals surface area contributed by atoms with Crippen molar-refractivity contribution < 1.29 is 19.6 Å². The number of amides is 1. The summed E-state index contributed by atoms with van der Waals surface area (Å²) >= 11 is 4.37. The number of thiazole rings is 1. The van der Waals surface area contributed by atoms with Gasteiger partial charge in [0.15, 0.2) is 5.13 Å². The molecule has 11 heteroatoms. The molecule has 1 amide bonds. The smallest absolute Gasteiger partial charge is 0.301 e. The molecule has 0 saturated carbocycles. The number of non-ortho nitro benzene ring substituents is 1. The Morgan fingerprint density at radius 2 is 1.88 bits per heavy atom. The van der Waals surface area contributed by atoms with Crippen molar-refractivity contribution in [1.82, 2.24) is 9.97 Å². The van der Waals surface area contributed by atoms with E-state index in [0.29, 0.717) is 21.5 Å². The summed E-state index contributed by atoms with van der Waals surface area (Å²) in [4.78, 5) is 46.9. The molecule has 34 heavy (non-hydrogen) atoms. The Labute approximate surface area is 204 Å². The zero-order valence-corrected chi connectivity index (χ0v) is 19.5. The molecule has 4 aromatic rings. The van der Waals surface area contributed by atoms with Gasteiger partial charge in [-0.1, -0.05) is 45.5 Å². The Hall–Kier alpha value is -3.96. The number of nitro benzene ring substituents is 1. The van der Waals surface area contributed by atoms with Crippen LogP contribution in [0.1, 0.15) is 17.3 Å². The van der Waals surface area contributed by atoms with Gasteiger partial charge in [-0.15, -0.1) is 0 Å². The molecular weight excluding hydrogens is 524 g/mol. The summed E-state index contributed by atoms with van der Waals surface area (Å²) in [7, 11) is 0. The summed E-state index contributed by atoms with van der Waals surface area (Å²) in [6, 6.07) is 14.9. The number of rotatable bonds is 4. The third-order valence-corrected chi connectivity index (χ3v) is 6.85. The third kappa shape index (κ3) is 3.64. The minimum absolute atomic E-state index is 0.110. The van der Waals surface area contributed by atoms with Gasteiger partial charge in [-0.05, 0) is 30.3 Å². The van der Waals surface area contributed by atoms with Gasteiger partial charge in [0.1, 0.15) is 11.8 Å². The quantitative estimate of drug-likeness (QED) is 0.128. The lowest BCUT2D eigenvalue weighted by atomic mass is 9.98. The first kappa shape index (κ1) is 21.9. The van der Waals surface area contributed by atoms with E-state index in [2.05, 4.69) is 25.9 Å². The number of anilines is 1. The summed E-state index contributed by atoms with van der Waals surface area (Å²) < 4.78 is 1.27. The molecular formula is C23H13BrN4O5S. The van der Waals surface area contributed by atoms with E-state index in [9.17, 15) is 24.8 Å². The SMILES string of the molecule is O=C1C(=O)N(c2nc3ccc([N+](=O)[O-])cc3s2)C(c2ccccn2)/C1=C(\O)c1ccc(Br)cc1. The monoisotopic (exact) mass is 536 g/mol. The summed E-state index contributed by atoms with van der Waals surface area (Å²) in [6.07, 6.45) is 1.52. The van der Waals surface area contributed by atoms with Crippen molar-refractivity contribution in [1.29, 1.82) is 0 Å². The van der Waals surface area contributed by atoms with Gasteiger partial charge in [0, 0.05) is 28.4 Å². The minimum atomic E-state index is -1.03. The van der Waals surface area contributed by atoms with Crippen LogP contribution in [-0.4, -0.2) is 31.7 Å². The Balaban J connectivity index is 1.70. The van der Waals surface area contributed by atoms with Gasteiger partial charge in [-0.2, -0.15) is 0 Å². The van der Waals surface area contributed by atoms with Crippen molar-refractivity contribution >= 4 is 65.8 Å². The van der Waals surface area contributed by atoms with Gasteiger partial charge < -0.3 is 5.11 Å². The van der Waals surface area contributed by atoms with Crippen LogP contribution in [0.4, 0.5) is 10.8 Å². The number of halogens is 1. The van der Waals surface area contributed by atoms with Gasteiger partial charge >= 0.3 is 5.91 Å². The number of carbonyl (C=O) groups excluding carboxylic acids is 2. The van der Waals surface area contributed by atoms with Gasteiger partial charge in [-0.25, -0.2) is 4.98 Å². The molecule has 9 nitrogen and oxygen atoms in total. The summed E-state index contributed by atoms with van der Waals surface area (Å²) in [6.45, 7) is 0. The average molecular weight is 537 g/mol. The fraction of sp³-hybridized carbons (Fsp3) is 0.0435. The van der Waals surface area contributed by atoms with E-state index in [0.717, 1.165) is 15.8 Å². The summed E-state index contributed by atoms with van der Waals surface area (Å²) in [5.74, 6) is -2.08. The van der Waals surface area contributed by atoms with E-state index in [1.54, 1.807) is 42.5 Å². The number of carbonyl (C=O) groups is 2. The van der Waals surface area contributed by atoms with Crippen LogP contribution in [0.5, 0.6) is 0 Å². The van der Waals surface area contributed by atoms with Crippen LogP contribution in [0, 0.1) is 10.1 Å². The molecule has 168 valence electrons. The highest BCUT2D eigenvalue weighted by Gasteiger charge is 2.48. The average Bonchev–Trinajstić information content (AvgIpc) is 3.37. The van der Waals surface area contributed by atoms with Crippen LogP contribution in [0.25, 0.3) is 16.0 Å². The maximum atomic E-state index is 13.2. The zero-order chi connectivity index (χ0) is 24.0. The molecule has 1 N–H and O–H groups in total. The fourth-order valence-corrected chi connectivity index (χ4v) is 5.02. The van der Waals surface area contributed by atoms with Crippen LogP contribution in [0.2, 0.25) is 0 Å². The van der Waals surface area contributed by atoms with Crippen molar-refractivity contribution in [3.8, 4) is 0 Å². The Bertz CT molecular complexity index is 1500. The number of Topliss-reactive ketones (excluding diaryl/α,β-unsaturated/α-hetero) is 1. The van der Waals surface area contributed by atoms with Crippen LogP contribution in [-0.2, 0) is 9.59 Å². The number of aliphatic hydroxyl groups excluding tert-OH is 1. The number of fused-ring (bicyclic) bond motifs is 1. The first-order valence-electron chi connectivity index (χ1n) is 9.88. The number of pyridine rings is 1. The van der Waals surface area contributed by atoms with E-state index in [-0.39, 0.29) is 22.2 Å². The number of hydrogen-bond acceptors (Lipinski definition) is 8. The second-order valence-electron chi connectivity index (χ2n) is 7.34. The highest BCUT2D eigenvalue weighted by atomic mass is 79.9.